The number of hydrogen-bond donors (Lipinski definition) is 2. The average Bonchev–Trinajstić information content (AvgIpc) is 2.26. The molecule has 1 aromatic rings. The van der Waals surface area contributed by atoms with Crippen molar-refractivity contribution in [2.75, 3.05) is 11.9 Å². The van der Waals surface area contributed by atoms with Gasteiger partial charge >= 0.3 is 0 Å². The highest BCUT2D eigenvalue weighted by atomic mass is 32.1. The molecule has 1 rings (SSSR count). The first-order chi connectivity index (χ1) is 7.63. The Balaban J connectivity index is 2.59. The van der Waals surface area contributed by atoms with E-state index in [4.69, 9.17) is 12.2 Å². The van der Waals surface area contributed by atoms with Crippen molar-refractivity contribution >= 4 is 23.0 Å². The smallest absolute Gasteiger partial charge is 0.170 e. The molecule has 0 atom stereocenters. The molecule has 0 aromatic heterocycles. The summed E-state index contributed by atoms with van der Waals surface area (Å²) in [5.74, 6) is 0.541. The van der Waals surface area contributed by atoms with Crippen LogP contribution in [0.1, 0.15) is 38.7 Å². The first kappa shape index (κ1) is 13.0. The average molecular weight is 236 g/mol. The zero-order chi connectivity index (χ0) is 12.0. The minimum atomic E-state index is 0.541. The van der Waals surface area contributed by atoms with Gasteiger partial charge in [-0.05, 0) is 42.3 Å². The van der Waals surface area contributed by atoms with Crippen molar-refractivity contribution in [3.05, 3.63) is 29.8 Å². The first-order valence-corrected chi connectivity index (χ1v) is 6.19. The molecule has 1 aromatic carbocycles. The Morgan fingerprint density at radius 1 is 1.38 bits per heavy atom. The Labute approximate surface area is 103 Å². The molecule has 0 heterocycles. The molecule has 88 valence electrons. The van der Waals surface area contributed by atoms with Crippen LogP contribution in [0.5, 0.6) is 0 Å². The molecule has 2 N–H and O–H groups in total. The Bertz CT molecular complexity index is 348. The lowest BCUT2D eigenvalue weighted by Gasteiger charge is -2.12. The second kappa shape index (κ2) is 6.48. The summed E-state index contributed by atoms with van der Waals surface area (Å²) < 4.78 is 0. The van der Waals surface area contributed by atoms with E-state index in [-0.39, 0.29) is 0 Å². The lowest BCUT2D eigenvalue weighted by atomic mass is 10.0. The van der Waals surface area contributed by atoms with E-state index >= 15 is 0 Å². The van der Waals surface area contributed by atoms with Crippen LogP contribution in [0.25, 0.3) is 0 Å². The molecule has 0 amide bonds. The van der Waals surface area contributed by atoms with E-state index in [9.17, 15) is 0 Å². The largest absolute Gasteiger partial charge is 0.362 e. The summed E-state index contributed by atoms with van der Waals surface area (Å²) in [6.07, 6.45) is 1.08. The van der Waals surface area contributed by atoms with Gasteiger partial charge in [0, 0.05) is 12.2 Å². The zero-order valence-electron chi connectivity index (χ0n) is 10.2. The predicted octanol–water partition coefficient (Wildman–Crippen LogP) is 3.51. The Hall–Kier alpha value is -1.09. The summed E-state index contributed by atoms with van der Waals surface area (Å²) in [6.45, 7) is 7.41. The SMILES string of the molecule is CCCNC(=S)Nc1cccc(C(C)C)c1. The molecule has 0 unspecified atom stereocenters. The maximum absolute atomic E-state index is 5.19. The van der Waals surface area contributed by atoms with Gasteiger partial charge in [-0.25, -0.2) is 0 Å². The predicted molar refractivity (Wildman–Crippen MR) is 75.0 cm³/mol. The molecular formula is C13H20N2S. The lowest BCUT2D eigenvalue weighted by molar-refractivity contribution is 0.846. The van der Waals surface area contributed by atoms with Crippen LogP contribution >= 0.6 is 12.2 Å². The second-order valence-corrected chi connectivity index (χ2v) is 4.57. The molecule has 0 aliphatic heterocycles. The molecule has 0 aliphatic carbocycles. The van der Waals surface area contributed by atoms with Crippen molar-refractivity contribution in [2.24, 2.45) is 0 Å². The van der Waals surface area contributed by atoms with Crippen molar-refractivity contribution in [1.82, 2.24) is 5.32 Å². The van der Waals surface area contributed by atoms with Gasteiger partial charge in [0.05, 0.1) is 0 Å². The van der Waals surface area contributed by atoms with E-state index in [1.807, 2.05) is 6.07 Å². The number of thiocarbonyl (C=S) groups is 1. The fraction of sp³-hybridized carbons (Fsp3) is 0.462. The summed E-state index contributed by atoms with van der Waals surface area (Å²) in [7, 11) is 0. The van der Waals surface area contributed by atoms with E-state index in [0.29, 0.717) is 11.0 Å². The third-order valence-corrected chi connectivity index (χ3v) is 2.59. The topological polar surface area (TPSA) is 24.1 Å². The molecular weight excluding hydrogens is 216 g/mol. The number of anilines is 1. The van der Waals surface area contributed by atoms with Gasteiger partial charge in [0.2, 0.25) is 0 Å². The van der Waals surface area contributed by atoms with Crippen molar-refractivity contribution in [3.8, 4) is 0 Å². The van der Waals surface area contributed by atoms with Gasteiger partial charge in [0.25, 0.3) is 0 Å². The van der Waals surface area contributed by atoms with Crippen LogP contribution in [0.4, 0.5) is 5.69 Å². The van der Waals surface area contributed by atoms with E-state index in [2.05, 4.69) is 49.6 Å². The van der Waals surface area contributed by atoms with Crippen LogP contribution in [-0.2, 0) is 0 Å². The molecule has 0 bridgehead atoms. The Morgan fingerprint density at radius 2 is 2.12 bits per heavy atom. The van der Waals surface area contributed by atoms with E-state index in [0.717, 1.165) is 18.7 Å². The van der Waals surface area contributed by atoms with E-state index in [1.165, 1.54) is 5.56 Å². The molecule has 0 fully saturated rings. The van der Waals surface area contributed by atoms with E-state index < -0.39 is 0 Å². The summed E-state index contributed by atoms with van der Waals surface area (Å²) >= 11 is 5.19. The minimum Gasteiger partial charge on any atom is -0.362 e. The van der Waals surface area contributed by atoms with E-state index in [1.54, 1.807) is 0 Å². The maximum Gasteiger partial charge on any atom is 0.170 e. The van der Waals surface area contributed by atoms with Crippen LogP contribution in [0.15, 0.2) is 24.3 Å². The van der Waals surface area contributed by atoms with Gasteiger partial charge < -0.3 is 10.6 Å². The third kappa shape index (κ3) is 4.19. The van der Waals surface area contributed by atoms with Gasteiger partial charge in [-0.2, -0.15) is 0 Å². The Kier molecular flexibility index (Phi) is 5.26. The highest BCUT2D eigenvalue weighted by molar-refractivity contribution is 7.80. The summed E-state index contributed by atoms with van der Waals surface area (Å²) in [5, 5.41) is 7.04. The summed E-state index contributed by atoms with van der Waals surface area (Å²) in [4.78, 5) is 0. The third-order valence-electron chi connectivity index (χ3n) is 2.35. The molecule has 16 heavy (non-hydrogen) atoms. The van der Waals surface area contributed by atoms with Crippen LogP contribution < -0.4 is 10.6 Å². The molecule has 3 heteroatoms. The first-order valence-electron chi connectivity index (χ1n) is 5.78. The fourth-order valence-corrected chi connectivity index (χ4v) is 1.61. The number of nitrogens with one attached hydrogen (secondary N) is 2. The summed E-state index contributed by atoms with van der Waals surface area (Å²) in [6, 6.07) is 8.37. The maximum atomic E-state index is 5.19. The second-order valence-electron chi connectivity index (χ2n) is 4.16. The number of benzene rings is 1. The van der Waals surface area contributed by atoms with Crippen LogP contribution in [0.2, 0.25) is 0 Å². The standard InChI is InChI=1S/C13H20N2S/c1-4-8-14-13(16)15-12-7-5-6-11(9-12)10(2)3/h5-7,9-10H,4,8H2,1-3H3,(H2,14,15,16). The molecule has 2 nitrogen and oxygen atoms in total. The molecule has 0 aliphatic rings. The van der Waals surface area contributed by atoms with Crippen molar-refractivity contribution in [2.45, 2.75) is 33.1 Å². The number of hydrogen-bond acceptors (Lipinski definition) is 1. The Morgan fingerprint density at radius 3 is 2.75 bits per heavy atom. The zero-order valence-corrected chi connectivity index (χ0v) is 11.0. The molecule has 0 saturated heterocycles. The quantitative estimate of drug-likeness (QED) is 0.782. The van der Waals surface area contributed by atoms with Crippen molar-refractivity contribution in [3.63, 3.8) is 0 Å². The number of rotatable bonds is 4. The molecule has 0 radical (unpaired) electrons. The highest BCUT2D eigenvalue weighted by Crippen LogP contribution is 2.18. The van der Waals surface area contributed by atoms with Crippen molar-refractivity contribution < 1.29 is 0 Å². The fourth-order valence-electron chi connectivity index (χ4n) is 1.39. The molecule has 0 spiro atoms. The van der Waals surface area contributed by atoms with Gasteiger partial charge in [-0.15, -0.1) is 0 Å². The van der Waals surface area contributed by atoms with Gasteiger partial charge in [0.1, 0.15) is 0 Å². The minimum absolute atomic E-state index is 0.541. The summed E-state index contributed by atoms with van der Waals surface area (Å²) in [5.41, 5.74) is 2.38. The van der Waals surface area contributed by atoms with Gasteiger partial charge in [-0.3, -0.25) is 0 Å². The van der Waals surface area contributed by atoms with Crippen molar-refractivity contribution in [1.29, 1.82) is 0 Å². The monoisotopic (exact) mass is 236 g/mol. The molecule has 0 saturated carbocycles. The highest BCUT2D eigenvalue weighted by Gasteiger charge is 2.01. The lowest BCUT2D eigenvalue weighted by Crippen LogP contribution is -2.28. The normalized spacial score (nSPS) is 10.2. The van der Waals surface area contributed by atoms with Gasteiger partial charge in [0.15, 0.2) is 5.11 Å². The van der Waals surface area contributed by atoms with Crippen LogP contribution in [0.3, 0.4) is 0 Å². The van der Waals surface area contributed by atoms with Crippen LogP contribution in [0, 0.1) is 0 Å². The van der Waals surface area contributed by atoms with Gasteiger partial charge in [-0.1, -0.05) is 32.9 Å². The van der Waals surface area contributed by atoms with Crippen LogP contribution in [-0.4, -0.2) is 11.7 Å².